The molecule has 7 nitrogen and oxygen atoms in total. The van der Waals surface area contributed by atoms with Crippen LogP contribution < -0.4 is 5.32 Å². The lowest BCUT2D eigenvalue weighted by molar-refractivity contribution is -0.137. The number of likely N-dealkylation sites (N-methyl/N-ethyl adjacent to an activating group) is 1. The molecule has 1 aliphatic rings. The van der Waals surface area contributed by atoms with Crippen molar-refractivity contribution in [2.45, 2.75) is 51.4 Å². The highest BCUT2D eigenvalue weighted by Gasteiger charge is 2.33. The number of likely N-dealkylation sites (tertiary alicyclic amines) is 1. The Bertz CT molecular complexity index is 1160. The number of aromatic hydroxyl groups is 1. The average Bonchev–Trinajstić information content (AvgIpc) is 3.07. The summed E-state index contributed by atoms with van der Waals surface area (Å²) in [4.78, 5) is 11.1. The molecule has 33 heavy (non-hydrogen) atoms. The zero-order valence-corrected chi connectivity index (χ0v) is 18.9. The monoisotopic (exact) mass is 464 g/mol. The Labute approximate surface area is 189 Å². The molecule has 0 radical (unpaired) electrons. The number of aliphatic hydroxyl groups is 1. The number of aromatic nitrogens is 2. The number of benzene rings is 1. The highest BCUT2D eigenvalue weighted by Crippen LogP contribution is 2.41. The molecule has 1 aromatic carbocycles. The molecular formula is C23H27F3N4O3. The van der Waals surface area contributed by atoms with Crippen LogP contribution in [-0.4, -0.2) is 51.3 Å². The van der Waals surface area contributed by atoms with Gasteiger partial charge in [-0.15, -0.1) is 0 Å². The first kappa shape index (κ1) is 23.3. The molecule has 0 unspecified atom stereocenters. The Hall–Kier alpha value is -2.85. The van der Waals surface area contributed by atoms with Gasteiger partial charge in [0.25, 0.3) is 6.01 Å². The molecule has 178 valence electrons. The lowest BCUT2D eigenvalue weighted by Gasteiger charge is -2.29. The topological polar surface area (TPSA) is 94.6 Å². The Morgan fingerprint density at radius 2 is 1.91 bits per heavy atom. The molecule has 1 fully saturated rings. The van der Waals surface area contributed by atoms with E-state index in [9.17, 15) is 23.4 Å². The fraction of sp³-hybridized carbons (Fsp3) is 0.478. The number of phenols is 1. The minimum Gasteiger partial charge on any atom is -0.507 e. The van der Waals surface area contributed by atoms with Crippen molar-refractivity contribution in [3.05, 3.63) is 34.9 Å². The van der Waals surface area contributed by atoms with E-state index in [0.717, 1.165) is 32.0 Å². The van der Waals surface area contributed by atoms with Crippen LogP contribution >= 0.6 is 0 Å². The van der Waals surface area contributed by atoms with Gasteiger partial charge in [0.15, 0.2) is 5.58 Å². The van der Waals surface area contributed by atoms with Crippen molar-refractivity contribution in [2.24, 2.45) is 0 Å². The van der Waals surface area contributed by atoms with Crippen molar-refractivity contribution in [1.29, 1.82) is 0 Å². The number of nitrogens with zero attached hydrogens (tertiary/aromatic N) is 3. The number of nitrogens with one attached hydrogen (secondary N) is 1. The first-order valence-electron chi connectivity index (χ1n) is 10.7. The Kier molecular flexibility index (Phi) is 5.78. The molecule has 4 rings (SSSR count). The first-order valence-corrected chi connectivity index (χ1v) is 10.7. The second kappa shape index (κ2) is 8.18. The number of hydrogen-bond acceptors (Lipinski definition) is 7. The van der Waals surface area contributed by atoms with E-state index in [1.807, 2.05) is 7.05 Å². The highest BCUT2D eigenvalue weighted by atomic mass is 19.4. The zero-order chi connectivity index (χ0) is 24.1. The van der Waals surface area contributed by atoms with E-state index >= 15 is 0 Å². The summed E-state index contributed by atoms with van der Waals surface area (Å²) in [5.41, 5.74) is -0.937. The highest BCUT2D eigenvalue weighted by molar-refractivity contribution is 5.82. The summed E-state index contributed by atoms with van der Waals surface area (Å²) in [5.74, 6) is -0.553. The van der Waals surface area contributed by atoms with Crippen molar-refractivity contribution >= 4 is 17.2 Å². The van der Waals surface area contributed by atoms with Gasteiger partial charge in [-0.25, -0.2) is 4.98 Å². The molecule has 10 heteroatoms. The lowest BCUT2D eigenvalue weighted by Crippen LogP contribution is -2.39. The molecule has 3 aromatic rings. The molecule has 0 aliphatic carbocycles. The van der Waals surface area contributed by atoms with E-state index in [0.29, 0.717) is 11.6 Å². The summed E-state index contributed by atoms with van der Waals surface area (Å²) >= 11 is 0. The fourth-order valence-electron chi connectivity index (χ4n) is 4.28. The smallest absolute Gasteiger partial charge is 0.416 e. The van der Waals surface area contributed by atoms with Gasteiger partial charge in [0, 0.05) is 23.7 Å². The van der Waals surface area contributed by atoms with Gasteiger partial charge in [0.1, 0.15) is 5.75 Å². The third kappa shape index (κ3) is 4.77. The number of aryl methyl sites for hydroxylation is 1. The summed E-state index contributed by atoms with van der Waals surface area (Å²) in [7, 11) is 2.04. The van der Waals surface area contributed by atoms with Crippen LogP contribution in [-0.2, 0) is 11.8 Å². The summed E-state index contributed by atoms with van der Waals surface area (Å²) in [6.07, 6.45) is -2.59. The molecular weight excluding hydrogens is 437 g/mol. The Morgan fingerprint density at radius 1 is 1.18 bits per heavy atom. The Morgan fingerprint density at radius 3 is 2.52 bits per heavy atom. The van der Waals surface area contributed by atoms with Gasteiger partial charge in [-0.2, -0.15) is 18.2 Å². The van der Waals surface area contributed by atoms with Crippen LogP contribution in [0.15, 0.2) is 22.6 Å². The van der Waals surface area contributed by atoms with Crippen molar-refractivity contribution in [1.82, 2.24) is 14.9 Å². The lowest BCUT2D eigenvalue weighted by atomic mass is 9.94. The minimum atomic E-state index is -4.59. The number of rotatable bonds is 4. The van der Waals surface area contributed by atoms with E-state index < -0.39 is 23.1 Å². The predicted molar refractivity (Wildman–Crippen MR) is 118 cm³/mol. The second-order valence-corrected chi connectivity index (χ2v) is 9.22. The minimum absolute atomic E-state index is 0.141. The standard InChI is InChI=1S/C23H27F3N4O3/c1-12-8-13(23(24,25)26)9-17(31)18(12)16-10-15(22(2,3)32)19-20(28-16)29-21(33-19)27-14-6-5-7-30(4)11-14/h8-10,14,31-32H,5-7,11H2,1-4H3,(H,27,28,29)/t14-/m1/s1. The number of pyridine rings is 1. The van der Waals surface area contributed by atoms with Crippen LogP contribution in [0, 0.1) is 6.92 Å². The number of phenolic OH excluding ortho intramolecular Hbond substituents is 1. The van der Waals surface area contributed by atoms with Crippen molar-refractivity contribution < 1.29 is 27.8 Å². The average molecular weight is 464 g/mol. The largest absolute Gasteiger partial charge is 0.507 e. The normalized spacial score (nSPS) is 18.1. The molecule has 2 aromatic heterocycles. The summed E-state index contributed by atoms with van der Waals surface area (Å²) in [6, 6.07) is 3.55. The SMILES string of the molecule is Cc1cc(C(F)(F)F)cc(O)c1-c1cc(C(C)(C)O)c2oc(N[C@@H]3CCCN(C)C3)nc2n1. The molecule has 1 atom stereocenters. The number of fused-ring (bicyclic) bond motifs is 1. The summed E-state index contributed by atoms with van der Waals surface area (Å²) in [5, 5.41) is 24.5. The van der Waals surface area contributed by atoms with Gasteiger partial charge >= 0.3 is 6.18 Å². The maximum absolute atomic E-state index is 13.1. The predicted octanol–water partition coefficient (Wildman–Crippen LogP) is 4.66. The van der Waals surface area contributed by atoms with Gasteiger partial charge in [-0.3, -0.25) is 0 Å². The van der Waals surface area contributed by atoms with E-state index in [1.54, 1.807) is 13.8 Å². The van der Waals surface area contributed by atoms with Crippen LogP contribution in [0.2, 0.25) is 0 Å². The van der Waals surface area contributed by atoms with Crippen LogP contribution in [0.5, 0.6) is 5.75 Å². The number of alkyl halides is 3. The number of anilines is 1. The molecule has 0 bridgehead atoms. The first-order chi connectivity index (χ1) is 15.3. The molecule has 1 saturated heterocycles. The van der Waals surface area contributed by atoms with Crippen molar-refractivity contribution in [3.8, 4) is 17.0 Å². The molecule has 3 heterocycles. The van der Waals surface area contributed by atoms with Gasteiger partial charge in [-0.05, 0) is 71.0 Å². The third-order valence-electron chi connectivity index (χ3n) is 5.87. The molecule has 3 N–H and O–H groups in total. The quantitative estimate of drug-likeness (QED) is 0.517. The van der Waals surface area contributed by atoms with Crippen LogP contribution in [0.3, 0.4) is 0 Å². The molecule has 0 spiro atoms. The van der Waals surface area contributed by atoms with Gasteiger partial charge in [0.05, 0.1) is 16.9 Å². The van der Waals surface area contributed by atoms with Gasteiger partial charge in [-0.1, -0.05) is 0 Å². The number of hydrogen-bond donors (Lipinski definition) is 3. The second-order valence-electron chi connectivity index (χ2n) is 9.22. The number of oxazole rings is 1. The van der Waals surface area contributed by atoms with Gasteiger partial charge < -0.3 is 24.8 Å². The zero-order valence-electron chi connectivity index (χ0n) is 18.9. The molecule has 1 aliphatic heterocycles. The Balaban J connectivity index is 1.81. The van der Waals surface area contributed by atoms with Crippen LogP contribution in [0.4, 0.5) is 19.2 Å². The third-order valence-corrected chi connectivity index (χ3v) is 5.87. The fourth-order valence-corrected chi connectivity index (χ4v) is 4.28. The van der Waals surface area contributed by atoms with Crippen molar-refractivity contribution in [3.63, 3.8) is 0 Å². The maximum atomic E-state index is 13.1. The van der Waals surface area contributed by atoms with E-state index in [-0.39, 0.29) is 40.1 Å². The summed E-state index contributed by atoms with van der Waals surface area (Å²) < 4.78 is 45.3. The van der Waals surface area contributed by atoms with E-state index in [4.69, 9.17) is 4.42 Å². The number of piperidine rings is 1. The van der Waals surface area contributed by atoms with E-state index in [1.165, 1.54) is 13.0 Å². The summed E-state index contributed by atoms with van der Waals surface area (Å²) in [6.45, 7) is 6.45. The number of halogens is 3. The van der Waals surface area contributed by atoms with E-state index in [2.05, 4.69) is 20.2 Å². The molecule has 0 amide bonds. The molecule has 0 saturated carbocycles. The van der Waals surface area contributed by atoms with Gasteiger partial charge in [0.2, 0.25) is 5.65 Å². The van der Waals surface area contributed by atoms with Crippen molar-refractivity contribution in [2.75, 3.05) is 25.5 Å². The maximum Gasteiger partial charge on any atom is 0.416 e. The van der Waals surface area contributed by atoms with Crippen LogP contribution in [0.25, 0.3) is 22.5 Å². The van der Waals surface area contributed by atoms with Crippen LogP contribution in [0.1, 0.15) is 43.4 Å².